The van der Waals surface area contributed by atoms with E-state index in [0.29, 0.717) is 37.5 Å². The minimum atomic E-state index is -4.49. The number of rotatable bonds is 6. The number of likely N-dealkylation sites (tertiary alicyclic amines) is 1. The fourth-order valence-electron chi connectivity index (χ4n) is 5.27. The summed E-state index contributed by atoms with van der Waals surface area (Å²) in [6, 6.07) is 3.51. The number of hydrogen-bond donors (Lipinski definition) is 4. The molecule has 1 aliphatic carbocycles. The first-order valence-electron chi connectivity index (χ1n) is 12.3. The van der Waals surface area contributed by atoms with E-state index in [9.17, 15) is 28.2 Å². The van der Waals surface area contributed by atoms with E-state index in [1.807, 2.05) is 20.8 Å². The molecule has 8 nitrogen and oxygen atoms in total. The zero-order chi connectivity index (χ0) is 26.3. The Bertz CT molecular complexity index is 1090. The highest BCUT2D eigenvalue weighted by Gasteiger charge is 2.46. The van der Waals surface area contributed by atoms with Gasteiger partial charge in [-0.05, 0) is 49.3 Å². The van der Waals surface area contributed by atoms with Crippen LogP contribution in [0.15, 0.2) is 24.5 Å². The molecule has 4 N–H and O–H groups in total. The normalized spacial score (nSPS) is 24.8. The molecule has 1 amide bonds. The van der Waals surface area contributed by atoms with Gasteiger partial charge in [-0.25, -0.2) is 9.97 Å². The molecule has 2 aliphatic rings. The molecule has 0 radical (unpaired) electrons. The Morgan fingerprint density at radius 2 is 1.86 bits per heavy atom. The van der Waals surface area contributed by atoms with Crippen LogP contribution in [0.4, 0.5) is 19.0 Å². The highest BCUT2D eigenvalue weighted by molar-refractivity contribution is 5.91. The van der Waals surface area contributed by atoms with Crippen LogP contribution in [0.1, 0.15) is 52.0 Å². The van der Waals surface area contributed by atoms with Gasteiger partial charge in [0.15, 0.2) is 0 Å². The standard InChI is InChI=1S/C25H34F3N5O3/c1-23(2,3)22(35)24(36)8-6-17(7-9-24)33-12-16(13-33)32-20(34)11-29-21-18-10-15(25(26,27)28)4-5-19(18)30-14-31-21/h4-5,10,14,16-17,22,35-36H,6-9,11-13H2,1-3H3,(H,32,34)(H,29,30,31). The summed E-state index contributed by atoms with van der Waals surface area (Å²) in [5.74, 6) is -0.103. The lowest BCUT2D eigenvalue weighted by molar-refractivity contribution is -0.147. The van der Waals surface area contributed by atoms with Gasteiger partial charge in [0.05, 0.1) is 35.4 Å². The molecule has 1 aromatic carbocycles. The number of anilines is 1. The molecule has 0 spiro atoms. The number of benzene rings is 1. The number of carbonyl (C=O) groups is 1. The number of amides is 1. The van der Waals surface area contributed by atoms with Crippen molar-refractivity contribution in [3.8, 4) is 0 Å². The molecule has 1 saturated carbocycles. The summed E-state index contributed by atoms with van der Waals surface area (Å²) in [6.07, 6.45) is -1.38. The Labute approximate surface area is 208 Å². The average Bonchev–Trinajstić information content (AvgIpc) is 2.78. The van der Waals surface area contributed by atoms with Gasteiger partial charge in [-0.1, -0.05) is 20.8 Å². The SMILES string of the molecule is CC(C)(C)C(O)C1(O)CCC(N2CC(NC(=O)CNc3ncnc4ccc(C(F)(F)F)cc34)C2)CC1. The van der Waals surface area contributed by atoms with Gasteiger partial charge in [0, 0.05) is 24.5 Å². The van der Waals surface area contributed by atoms with Crippen LogP contribution in [-0.4, -0.2) is 74.4 Å². The van der Waals surface area contributed by atoms with E-state index in [0.717, 1.165) is 25.0 Å². The number of aromatic nitrogens is 2. The molecule has 2 heterocycles. The van der Waals surface area contributed by atoms with Crippen molar-refractivity contribution >= 4 is 22.6 Å². The first kappa shape index (κ1) is 26.6. The smallest absolute Gasteiger partial charge is 0.390 e. The van der Waals surface area contributed by atoms with Crippen LogP contribution < -0.4 is 10.6 Å². The van der Waals surface area contributed by atoms with Crippen LogP contribution >= 0.6 is 0 Å². The van der Waals surface area contributed by atoms with E-state index in [1.165, 1.54) is 12.4 Å². The van der Waals surface area contributed by atoms with Crippen molar-refractivity contribution in [2.24, 2.45) is 5.41 Å². The third-order valence-electron chi connectivity index (χ3n) is 7.32. The highest BCUT2D eigenvalue weighted by atomic mass is 19.4. The number of hydrogen-bond acceptors (Lipinski definition) is 7. The molecule has 2 fully saturated rings. The summed E-state index contributed by atoms with van der Waals surface area (Å²) in [5.41, 5.74) is -1.91. The third kappa shape index (κ3) is 5.73. The van der Waals surface area contributed by atoms with Crippen molar-refractivity contribution < 1.29 is 28.2 Å². The first-order chi connectivity index (χ1) is 16.8. The van der Waals surface area contributed by atoms with Gasteiger partial charge in [0.1, 0.15) is 12.1 Å². The van der Waals surface area contributed by atoms with Crippen molar-refractivity contribution in [1.82, 2.24) is 20.2 Å². The van der Waals surface area contributed by atoms with Crippen molar-refractivity contribution in [3.05, 3.63) is 30.1 Å². The third-order valence-corrected chi connectivity index (χ3v) is 7.32. The number of halogens is 3. The molecule has 1 atom stereocenters. The summed E-state index contributed by atoms with van der Waals surface area (Å²) < 4.78 is 39.3. The molecule has 198 valence electrons. The number of carbonyl (C=O) groups excluding carboxylic acids is 1. The number of alkyl halides is 3. The fourth-order valence-corrected chi connectivity index (χ4v) is 5.27. The molecular formula is C25H34F3N5O3. The average molecular weight is 510 g/mol. The molecule has 36 heavy (non-hydrogen) atoms. The Kier molecular flexibility index (Phi) is 7.20. The summed E-state index contributed by atoms with van der Waals surface area (Å²) in [6.45, 7) is 7.04. The van der Waals surface area contributed by atoms with Crippen LogP contribution in [0.3, 0.4) is 0 Å². The maximum Gasteiger partial charge on any atom is 0.416 e. The topological polar surface area (TPSA) is 111 Å². The summed E-state index contributed by atoms with van der Waals surface area (Å²) >= 11 is 0. The van der Waals surface area contributed by atoms with Crippen molar-refractivity contribution in [2.75, 3.05) is 25.0 Å². The van der Waals surface area contributed by atoms with Crippen LogP contribution in [0.25, 0.3) is 10.9 Å². The van der Waals surface area contributed by atoms with E-state index in [-0.39, 0.29) is 35.1 Å². The maximum atomic E-state index is 13.1. The number of nitrogens with zero attached hydrogens (tertiary/aromatic N) is 3. The number of aliphatic hydroxyl groups is 2. The van der Waals surface area contributed by atoms with Gasteiger partial charge in [-0.2, -0.15) is 13.2 Å². The molecule has 0 bridgehead atoms. The van der Waals surface area contributed by atoms with Crippen molar-refractivity contribution in [2.45, 2.75) is 76.4 Å². The van der Waals surface area contributed by atoms with E-state index in [2.05, 4.69) is 25.5 Å². The highest BCUT2D eigenvalue weighted by Crippen LogP contribution is 2.40. The molecule has 11 heteroatoms. The molecule has 1 aliphatic heterocycles. The zero-order valence-corrected chi connectivity index (χ0v) is 20.8. The number of nitrogens with one attached hydrogen (secondary N) is 2. The van der Waals surface area contributed by atoms with E-state index in [4.69, 9.17) is 0 Å². The van der Waals surface area contributed by atoms with Gasteiger partial charge >= 0.3 is 6.18 Å². The predicted octanol–water partition coefficient (Wildman–Crippen LogP) is 2.94. The lowest BCUT2D eigenvalue weighted by atomic mass is 9.70. The Morgan fingerprint density at radius 1 is 1.19 bits per heavy atom. The number of fused-ring (bicyclic) bond motifs is 1. The molecular weight excluding hydrogens is 475 g/mol. The van der Waals surface area contributed by atoms with Crippen LogP contribution in [-0.2, 0) is 11.0 Å². The van der Waals surface area contributed by atoms with Crippen molar-refractivity contribution in [1.29, 1.82) is 0 Å². The molecule has 1 saturated heterocycles. The lowest BCUT2D eigenvalue weighted by Gasteiger charge is -2.50. The summed E-state index contributed by atoms with van der Waals surface area (Å²) in [4.78, 5) is 22.7. The van der Waals surface area contributed by atoms with Gasteiger partial charge in [0.2, 0.25) is 5.91 Å². The zero-order valence-electron chi connectivity index (χ0n) is 20.8. The van der Waals surface area contributed by atoms with E-state index >= 15 is 0 Å². The second-order valence-electron chi connectivity index (χ2n) is 11.1. The molecule has 4 rings (SSSR count). The van der Waals surface area contributed by atoms with E-state index in [1.54, 1.807) is 0 Å². The van der Waals surface area contributed by atoms with Crippen molar-refractivity contribution in [3.63, 3.8) is 0 Å². The van der Waals surface area contributed by atoms with Gasteiger partial charge in [0.25, 0.3) is 0 Å². The molecule has 1 unspecified atom stereocenters. The van der Waals surface area contributed by atoms with Gasteiger partial charge in [-0.15, -0.1) is 0 Å². The van der Waals surface area contributed by atoms with Crippen LogP contribution in [0.2, 0.25) is 0 Å². The minimum Gasteiger partial charge on any atom is -0.390 e. The van der Waals surface area contributed by atoms with Gasteiger partial charge < -0.3 is 20.8 Å². The largest absolute Gasteiger partial charge is 0.416 e. The lowest BCUT2D eigenvalue weighted by Crippen LogP contribution is -2.64. The molecule has 1 aromatic heterocycles. The Morgan fingerprint density at radius 3 is 2.47 bits per heavy atom. The number of aliphatic hydroxyl groups excluding tert-OH is 1. The van der Waals surface area contributed by atoms with E-state index < -0.39 is 23.4 Å². The summed E-state index contributed by atoms with van der Waals surface area (Å²) in [5, 5.41) is 27.5. The quantitative estimate of drug-likeness (QED) is 0.474. The maximum absolute atomic E-state index is 13.1. The molecule has 2 aromatic rings. The van der Waals surface area contributed by atoms with Crippen LogP contribution in [0.5, 0.6) is 0 Å². The monoisotopic (exact) mass is 509 g/mol. The van der Waals surface area contributed by atoms with Crippen LogP contribution in [0, 0.1) is 5.41 Å². The predicted molar refractivity (Wildman–Crippen MR) is 129 cm³/mol. The first-order valence-corrected chi connectivity index (χ1v) is 12.3. The Balaban J connectivity index is 1.24. The second kappa shape index (κ2) is 9.75. The summed E-state index contributed by atoms with van der Waals surface area (Å²) in [7, 11) is 0. The Hall–Kier alpha value is -2.50. The second-order valence-corrected chi connectivity index (χ2v) is 11.1. The fraction of sp³-hybridized carbons (Fsp3) is 0.640. The van der Waals surface area contributed by atoms with Gasteiger partial charge in [-0.3, -0.25) is 9.69 Å². The minimum absolute atomic E-state index is 0.0146.